The third kappa shape index (κ3) is 4.13. The Morgan fingerprint density at radius 1 is 1.08 bits per heavy atom. The SMILES string of the molecule is CC(C)c1ccc(NC(=O)c2cc(NC3CCCC3)ccn2)cc1. The molecule has 1 amide bonds. The lowest BCUT2D eigenvalue weighted by Gasteiger charge is -2.14. The van der Waals surface area contributed by atoms with E-state index < -0.39 is 0 Å². The van der Waals surface area contributed by atoms with Gasteiger partial charge < -0.3 is 10.6 Å². The van der Waals surface area contributed by atoms with Crippen LogP contribution in [0.25, 0.3) is 0 Å². The van der Waals surface area contributed by atoms with Gasteiger partial charge in [0.25, 0.3) is 5.91 Å². The molecular weight excluding hydrogens is 298 g/mol. The van der Waals surface area contributed by atoms with E-state index in [-0.39, 0.29) is 5.91 Å². The first-order valence-electron chi connectivity index (χ1n) is 8.76. The highest BCUT2D eigenvalue weighted by Crippen LogP contribution is 2.22. The molecule has 1 fully saturated rings. The first-order valence-corrected chi connectivity index (χ1v) is 8.76. The molecule has 3 rings (SSSR count). The van der Waals surface area contributed by atoms with Crippen molar-refractivity contribution in [3.05, 3.63) is 53.9 Å². The fraction of sp³-hybridized carbons (Fsp3) is 0.400. The normalized spacial score (nSPS) is 14.8. The average molecular weight is 323 g/mol. The van der Waals surface area contributed by atoms with Crippen LogP contribution in [0.2, 0.25) is 0 Å². The molecule has 0 saturated heterocycles. The molecule has 0 radical (unpaired) electrons. The molecule has 0 bridgehead atoms. The van der Waals surface area contributed by atoms with E-state index in [1.54, 1.807) is 6.20 Å². The van der Waals surface area contributed by atoms with Gasteiger partial charge in [-0.3, -0.25) is 9.78 Å². The summed E-state index contributed by atoms with van der Waals surface area (Å²) in [7, 11) is 0. The van der Waals surface area contributed by atoms with Crippen LogP contribution < -0.4 is 10.6 Å². The highest BCUT2D eigenvalue weighted by molar-refractivity contribution is 6.03. The van der Waals surface area contributed by atoms with Crippen molar-refractivity contribution >= 4 is 17.3 Å². The number of hydrogen-bond acceptors (Lipinski definition) is 3. The van der Waals surface area contributed by atoms with Crippen LogP contribution in [0.1, 0.15) is 61.5 Å². The second-order valence-corrected chi connectivity index (χ2v) is 6.79. The second kappa shape index (κ2) is 7.47. The van der Waals surface area contributed by atoms with Gasteiger partial charge in [0.1, 0.15) is 5.69 Å². The van der Waals surface area contributed by atoms with E-state index in [0.29, 0.717) is 17.7 Å². The van der Waals surface area contributed by atoms with Crippen LogP contribution in [0.5, 0.6) is 0 Å². The molecular formula is C20H25N3O. The van der Waals surface area contributed by atoms with Crippen molar-refractivity contribution in [2.45, 2.75) is 51.5 Å². The molecule has 4 nitrogen and oxygen atoms in total. The van der Waals surface area contributed by atoms with E-state index in [1.165, 1.54) is 31.2 Å². The topological polar surface area (TPSA) is 54.0 Å². The molecule has 1 aromatic heterocycles. The number of hydrogen-bond donors (Lipinski definition) is 2. The van der Waals surface area contributed by atoms with Crippen LogP contribution in [0.15, 0.2) is 42.6 Å². The number of nitrogens with one attached hydrogen (secondary N) is 2. The maximum atomic E-state index is 12.4. The fourth-order valence-electron chi connectivity index (χ4n) is 3.10. The molecule has 1 aliphatic rings. The van der Waals surface area contributed by atoms with Crippen molar-refractivity contribution in [2.24, 2.45) is 0 Å². The number of pyridine rings is 1. The summed E-state index contributed by atoms with van der Waals surface area (Å²) in [5, 5.41) is 6.42. The summed E-state index contributed by atoms with van der Waals surface area (Å²) in [6.45, 7) is 4.31. The van der Waals surface area contributed by atoms with Crippen LogP contribution in [-0.2, 0) is 0 Å². The van der Waals surface area contributed by atoms with Crippen LogP contribution in [0.4, 0.5) is 11.4 Å². The largest absolute Gasteiger partial charge is 0.382 e. The molecule has 126 valence electrons. The van der Waals surface area contributed by atoms with Gasteiger partial charge in [-0.05, 0) is 48.6 Å². The van der Waals surface area contributed by atoms with Crippen molar-refractivity contribution in [3.63, 3.8) is 0 Å². The Morgan fingerprint density at radius 3 is 2.46 bits per heavy atom. The molecule has 1 heterocycles. The lowest BCUT2D eigenvalue weighted by atomic mass is 10.0. The molecule has 24 heavy (non-hydrogen) atoms. The maximum Gasteiger partial charge on any atom is 0.274 e. The zero-order valence-electron chi connectivity index (χ0n) is 14.4. The van der Waals surface area contributed by atoms with E-state index in [1.807, 2.05) is 36.4 Å². The number of aromatic nitrogens is 1. The molecule has 2 N–H and O–H groups in total. The Balaban J connectivity index is 1.65. The van der Waals surface area contributed by atoms with Crippen LogP contribution in [0, 0.1) is 0 Å². The van der Waals surface area contributed by atoms with E-state index in [2.05, 4.69) is 29.5 Å². The lowest BCUT2D eigenvalue weighted by molar-refractivity contribution is 0.102. The first kappa shape index (κ1) is 16.5. The molecule has 2 aromatic rings. The minimum Gasteiger partial charge on any atom is -0.382 e. The van der Waals surface area contributed by atoms with Crippen LogP contribution in [0.3, 0.4) is 0 Å². The van der Waals surface area contributed by atoms with Gasteiger partial charge in [0.05, 0.1) is 0 Å². The van der Waals surface area contributed by atoms with Crippen molar-refractivity contribution in [3.8, 4) is 0 Å². The van der Waals surface area contributed by atoms with Crippen molar-refractivity contribution in [1.29, 1.82) is 0 Å². The molecule has 1 aliphatic carbocycles. The van der Waals surface area contributed by atoms with Crippen LogP contribution in [-0.4, -0.2) is 16.9 Å². The third-order valence-electron chi connectivity index (χ3n) is 4.55. The average Bonchev–Trinajstić information content (AvgIpc) is 3.08. The highest BCUT2D eigenvalue weighted by atomic mass is 16.1. The summed E-state index contributed by atoms with van der Waals surface area (Å²) in [6.07, 6.45) is 6.65. The monoisotopic (exact) mass is 323 g/mol. The summed E-state index contributed by atoms with van der Waals surface area (Å²) < 4.78 is 0. The van der Waals surface area contributed by atoms with Gasteiger partial charge in [-0.15, -0.1) is 0 Å². The van der Waals surface area contributed by atoms with E-state index in [9.17, 15) is 4.79 Å². The van der Waals surface area contributed by atoms with Gasteiger partial charge in [0.2, 0.25) is 0 Å². The van der Waals surface area contributed by atoms with Gasteiger partial charge in [-0.25, -0.2) is 0 Å². The Bertz CT molecular complexity index is 688. The lowest BCUT2D eigenvalue weighted by Crippen LogP contribution is -2.17. The Labute approximate surface area is 143 Å². The molecule has 1 saturated carbocycles. The Kier molecular flexibility index (Phi) is 5.14. The summed E-state index contributed by atoms with van der Waals surface area (Å²) in [5.74, 6) is 0.303. The van der Waals surface area contributed by atoms with Crippen molar-refractivity contribution in [2.75, 3.05) is 10.6 Å². The van der Waals surface area contributed by atoms with Crippen LogP contribution >= 0.6 is 0 Å². The number of rotatable bonds is 5. The third-order valence-corrected chi connectivity index (χ3v) is 4.55. The number of anilines is 2. The van der Waals surface area contributed by atoms with Crippen molar-refractivity contribution in [1.82, 2.24) is 4.98 Å². The molecule has 0 atom stereocenters. The molecule has 0 unspecified atom stereocenters. The van der Waals surface area contributed by atoms with Crippen molar-refractivity contribution < 1.29 is 4.79 Å². The zero-order valence-corrected chi connectivity index (χ0v) is 14.4. The van der Waals surface area contributed by atoms with E-state index in [4.69, 9.17) is 0 Å². The zero-order chi connectivity index (χ0) is 16.9. The second-order valence-electron chi connectivity index (χ2n) is 6.79. The first-order chi connectivity index (χ1) is 11.6. The fourth-order valence-corrected chi connectivity index (χ4v) is 3.10. The standard InChI is InChI=1S/C20H25N3O/c1-14(2)15-7-9-17(10-8-15)23-20(24)19-13-18(11-12-21-19)22-16-5-3-4-6-16/h7-14,16H,3-6H2,1-2H3,(H,21,22)(H,23,24). The number of carbonyl (C=O) groups excluding carboxylic acids is 1. The molecule has 0 aliphatic heterocycles. The number of carbonyl (C=O) groups is 1. The Morgan fingerprint density at radius 2 is 1.79 bits per heavy atom. The summed E-state index contributed by atoms with van der Waals surface area (Å²) in [6, 6.07) is 12.2. The molecule has 0 spiro atoms. The number of benzene rings is 1. The van der Waals surface area contributed by atoms with Gasteiger partial charge in [-0.2, -0.15) is 0 Å². The maximum absolute atomic E-state index is 12.4. The van der Waals surface area contributed by atoms with Gasteiger partial charge in [-0.1, -0.05) is 38.8 Å². The summed E-state index contributed by atoms with van der Waals surface area (Å²) in [5.41, 5.74) is 3.46. The quantitative estimate of drug-likeness (QED) is 0.830. The summed E-state index contributed by atoms with van der Waals surface area (Å²) in [4.78, 5) is 16.6. The molecule has 1 aromatic carbocycles. The molecule has 4 heteroatoms. The van der Waals surface area contributed by atoms with E-state index >= 15 is 0 Å². The predicted octanol–water partition coefficient (Wildman–Crippen LogP) is 4.81. The number of nitrogens with zero attached hydrogens (tertiary/aromatic N) is 1. The Hall–Kier alpha value is -2.36. The van der Waals surface area contributed by atoms with Gasteiger partial charge in [0.15, 0.2) is 0 Å². The highest BCUT2D eigenvalue weighted by Gasteiger charge is 2.15. The summed E-state index contributed by atoms with van der Waals surface area (Å²) >= 11 is 0. The van der Waals surface area contributed by atoms with Gasteiger partial charge in [0, 0.05) is 23.6 Å². The van der Waals surface area contributed by atoms with E-state index in [0.717, 1.165) is 11.4 Å². The minimum atomic E-state index is -0.178. The number of amides is 1. The minimum absolute atomic E-state index is 0.178. The predicted molar refractivity (Wildman–Crippen MR) is 98.6 cm³/mol. The van der Waals surface area contributed by atoms with Gasteiger partial charge >= 0.3 is 0 Å². The smallest absolute Gasteiger partial charge is 0.274 e.